The van der Waals surface area contributed by atoms with E-state index in [0.29, 0.717) is 11.3 Å². The zero-order valence-electron chi connectivity index (χ0n) is 16.6. The van der Waals surface area contributed by atoms with Crippen molar-refractivity contribution < 1.29 is 9.18 Å². The smallest absolute Gasteiger partial charge is 0.266 e. The number of hydrogen-bond acceptors (Lipinski definition) is 5. The van der Waals surface area contributed by atoms with Gasteiger partial charge < -0.3 is 0 Å². The predicted molar refractivity (Wildman–Crippen MR) is 110 cm³/mol. The number of nitrogens with zero attached hydrogens (tertiary/aromatic N) is 4. The topological polar surface area (TPSA) is 100 Å². The van der Waals surface area contributed by atoms with Crippen LogP contribution in [0.3, 0.4) is 0 Å². The van der Waals surface area contributed by atoms with Gasteiger partial charge in [-0.15, -0.1) is 0 Å². The lowest BCUT2D eigenvalue weighted by molar-refractivity contribution is 0.0947. The second-order valence-corrected chi connectivity index (χ2v) is 6.70. The van der Waals surface area contributed by atoms with Gasteiger partial charge >= 0.3 is 0 Å². The number of aryl methyl sites for hydroxylation is 2. The molecule has 0 aliphatic carbocycles. The molecule has 7 nitrogen and oxygen atoms in total. The summed E-state index contributed by atoms with van der Waals surface area (Å²) in [6.07, 6.45) is 1.34. The Kier molecular flexibility index (Phi) is 5.83. The number of carbonyl (C=O) groups excluding carboxylic acids is 1. The molecule has 0 bridgehead atoms. The molecule has 3 rings (SSSR count). The summed E-state index contributed by atoms with van der Waals surface area (Å²) < 4.78 is 14.0. The number of rotatable bonds is 4. The minimum absolute atomic E-state index is 0.0966. The minimum Gasteiger partial charge on any atom is -0.266 e. The molecule has 0 saturated heterocycles. The average molecular weight is 403 g/mol. The summed E-state index contributed by atoms with van der Waals surface area (Å²) in [6, 6.07) is 12.7. The van der Waals surface area contributed by atoms with E-state index < -0.39 is 11.5 Å². The third kappa shape index (κ3) is 4.15. The molecule has 1 aromatic heterocycles. The Bertz CT molecular complexity index is 1250. The third-order valence-corrected chi connectivity index (χ3v) is 4.65. The molecule has 0 aliphatic rings. The molecule has 0 aliphatic heterocycles. The van der Waals surface area contributed by atoms with E-state index in [9.17, 15) is 19.2 Å². The Morgan fingerprint density at radius 2 is 1.87 bits per heavy atom. The molecule has 0 radical (unpaired) electrons. The zero-order chi connectivity index (χ0) is 21.8. The number of halogens is 1. The van der Waals surface area contributed by atoms with Crippen molar-refractivity contribution in [3.8, 4) is 11.8 Å². The number of benzene rings is 2. The molecule has 1 amide bonds. The monoisotopic (exact) mass is 403 g/mol. The minimum atomic E-state index is -0.681. The fraction of sp³-hybridized carbons (Fsp3) is 0.136. The maximum atomic E-state index is 13.0. The van der Waals surface area contributed by atoms with Crippen molar-refractivity contribution in [3.05, 3.63) is 92.1 Å². The van der Waals surface area contributed by atoms with Gasteiger partial charge in [0.15, 0.2) is 5.69 Å². The van der Waals surface area contributed by atoms with Crippen molar-refractivity contribution in [1.82, 2.24) is 15.2 Å². The summed E-state index contributed by atoms with van der Waals surface area (Å²) >= 11 is 0. The molecule has 0 saturated carbocycles. The summed E-state index contributed by atoms with van der Waals surface area (Å²) in [7, 11) is 0. The van der Waals surface area contributed by atoms with E-state index in [4.69, 9.17) is 0 Å². The lowest BCUT2D eigenvalue weighted by Crippen LogP contribution is -2.31. The van der Waals surface area contributed by atoms with Gasteiger partial charge in [-0.1, -0.05) is 18.2 Å². The van der Waals surface area contributed by atoms with Crippen LogP contribution >= 0.6 is 0 Å². The van der Waals surface area contributed by atoms with E-state index in [-0.39, 0.29) is 22.6 Å². The molecule has 0 unspecified atom stereocenters. The van der Waals surface area contributed by atoms with Crippen LogP contribution in [-0.4, -0.2) is 21.9 Å². The fourth-order valence-electron chi connectivity index (χ4n) is 2.75. The van der Waals surface area contributed by atoms with Crippen LogP contribution in [0, 0.1) is 37.9 Å². The highest BCUT2D eigenvalue weighted by molar-refractivity contribution is 5.94. The molecule has 0 atom stereocenters. The van der Waals surface area contributed by atoms with Crippen LogP contribution in [0.5, 0.6) is 0 Å². The Labute approximate surface area is 172 Å². The van der Waals surface area contributed by atoms with Gasteiger partial charge in [-0.25, -0.2) is 9.82 Å². The average Bonchev–Trinajstić information content (AvgIpc) is 2.72. The first kappa shape index (κ1) is 20.6. The van der Waals surface area contributed by atoms with Crippen LogP contribution in [0.15, 0.2) is 52.4 Å². The van der Waals surface area contributed by atoms with Gasteiger partial charge in [0, 0.05) is 5.56 Å². The fourth-order valence-corrected chi connectivity index (χ4v) is 2.75. The van der Waals surface area contributed by atoms with Crippen molar-refractivity contribution in [1.29, 1.82) is 5.26 Å². The number of amides is 1. The van der Waals surface area contributed by atoms with E-state index in [0.717, 1.165) is 15.8 Å². The van der Waals surface area contributed by atoms with Crippen LogP contribution in [0.25, 0.3) is 5.69 Å². The predicted octanol–water partition coefficient (Wildman–Crippen LogP) is 2.93. The SMILES string of the molecule is Cc1ccc(-n2nc(C(=O)N/N=C/c3ccc(F)cc3)c(C)c(C#N)c2=O)cc1C. The summed E-state index contributed by atoms with van der Waals surface area (Å²) in [4.78, 5) is 25.3. The van der Waals surface area contributed by atoms with Crippen LogP contribution in [-0.2, 0) is 0 Å². The van der Waals surface area contributed by atoms with E-state index in [1.54, 1.807) is 12.1 Å². The van der Waals surface area contributed by atoms with Gasteiger partial charge in [0.1, 0.15) is 17.4 Å². The lowest BCUT2D eigenvalue weighted by atomic mass is 10.1. The van der Waals surface area contributed by atoms with E-state index in [2.05, 4.69) is 15.6 Å². The Hall–Kier alpha value is -4.12. The first-order valence-electron chi connectivity index (χ1n) is 9.02. The van der Waals surface area contributed by atoms with Crippen LogP contribution in [0.4, 0.5) is 4.39 Å². The van der Waals surface area contributed by atoms with Gasteiger partial charge in [0.2, 0.25) is 0 Å². The molecule has 1 N–H and O–H groups in total. The van der Waals surface area contributed by atoms with Gasteiger partial charge in [0.25, 0.3) is 11.5 Å². The van der Waals surface area contributed by atoms with E-state index in [1.807, 2.05) is 26.0 Å². The van der Waals surface area contributed by atoms with Gasteiger partial charge in [-0.05, 0) is 61.7 Å². The van der Waals surface area contributed by atoms with Crippen LogP contribution < -0.4 is 11.0 Å². The molecule has 3 aromatic rings. The number of hydrogen-bond donors (Lipinski definition) is 1. The van der Waals surface area contributed by atoms with Crippen molar-refractivity contribution in [2.75, 3.05) is 0 Å². The van der Waals surface area contributed by atoms with Crippen molar-refractivity contribution in [2.45, 2.75) is 20.8 Å². The summed E-state index contributed by atoms with van der Waals surface area (Å²) in [6.45, 7) is 5.31. The van der Waals surface area contributed by atoms with Crippen LogP contribution in [0.1, 0.15) is 38.3 Å². The number of nitriles is 1. The lowest BCUT2D eigenvalue weighted by Gasteiger charge is -2.11. The first-order chi connectivity index (χ1) is 14.3. The van der Waals surface area contributed by atoms with Gasteiger partial charge in [0.05, 0.1) is 11.9 Å². The standard InChI is InChI=1S/C22H18FN5O2/c1-13-4-9-18(10-14(13)2)28-22(30)19(11-24)15(3)20(27-28)21(29)26-25-12-16-5-7-17(23)8-6-16/h4-10,12H,1-3H3,(H,26,29)/b25-12+. The molecule has 0 fully saturated rings. The first-order valence-corrected chi connectivity index (χ1v) is 9.02. The Morgan fingerprint density at radius 1 is 1.17 bits per heavy atom. The van der Waals surface area contributed by atoms with Gasteiger partial charge in [-0.2, -0.15) is 20.1 Å². The quantitative estimate of drug-likeness (QED) is 0.535. The summed E-state index contributed by atoms with van der Waals surface area (Å²) in [5.41, 5.74) is 4.62. The number of nitrogens with one attached hydrogen (secondary N) is 1. The summed E-state index contributed by atoms with van der Waals surface area (Å²) in [5, 5.41) is 17.5. The van der Waals surface area contributed by atoms with E-state index in [1.165, 1.54) is 37.4 Å². The highest BCUT2D eigenvalue weighted by atomic mass is 19.1. The Balaban J connectivity index is 1.98. The molecule has 30 heavy (non-hydrogen) atoms. The molecular weight excluding hydrogens is 385 g/mol. The molecule has 150 valence electrons. The third-order valence-electron chi connectivity index (χ3n) is 4.65. The molecule has 1 heterocycles. The number of hydrazone groups is 1. The maximum absolute atomic E-state index is 13.0. The van der Waals surface area contributed by atoms with Crippen molar-refractivity contribution in [3.63, 3.8) is 0 Å². The number of aromatic nitrogens is 2. The Morgan fingerprint density at radius 3 is 2.50 bits per heavy atom. The van der Waals surface area contributed by atoms with Crippen molar-refractivity contribution >= 4 is 12.1 Å². The number of carbonyl (C=O) groups is 1. The van der Waals surface area contributed by atoms with Crippen molar-refractivity contribution in [2.24, 2.45) is 5.10 Å². The molecule has 2 aromatic carbocycles. The van der Waals surface area contributed by atoms with E-state index >= 15 is 0 Å². The summed E-state index contributed by atoms with van der Waals surface area (Å²) in [5.74, 6) is -1.06. The second kappa shape index (κ2) is 8.49. The molecular formula is C22H18FN5O2. The molecule has 0 spiro atoms. The largest absolute Gasteiger partial charge is 0.292 e. The maximum Gasteiger partial charge on any atom is 0.292 e. The second-order valence-electron chi connectivity index (χ2n) is 6.70. The van der Waals surface area contributed by atoms with Gasteiger partial charge in [-0.3, -0.25) is 9.59 Å². The molecule has 8 heteroatoms. The zero-order valence-corrected chi connectivity index (χ0v) is 16.6. The normalized spacial score (nSPS) is 10.8. The van der Waals surface area contributed by atoms with Crippen LogP contribution in [0.2, 0.25) is 0 Å². The highest BCUT2D eigenvalue weighted by Crippen LogP contribution is 2.14. The highest BCUT2D eigenvalue weighted by Gasteiger charge is 2.20.